The number of benzene rings is 2. The molecule has 0 saturated heterocycles. The molecule has 3 aromatic rings. The zero-order chi connectivity index (χ0) is 22.7. The molecule has 1 unspecified atom stereocenters. The third kappa shape index (κ3) is 4.37. The van der Waals surface area contributed by atoms with E-state index in [1.807, 2.05) is 35.9 Å². The number of nitrogens with two attached hydrogens (primary N) is 1. The third-order valence-corrected chi connectivity index (χ3v) is 5.94. The quantitative estimate of drug-likeness (QED) is 0.362. The van der Waals surface area contributed by atoms with E-state index in [0.29, 0.717) is 11.5 Å². The number of hydrogen-bond donors (Lipinski definition) is 2. The van der Waals surface area contributed by atoms with Gasteiger partial charge in [0.1, 0.15) is 11.5 Å². The molecule has 2 heterocycles. The van der Waals surface area contributed by atoms with E-state index in [2.05, 4.69) is 53.5 Å². The van der Waals surface area contributed by atoms with Crippen molar-refractivity contribution in [2.24, 2.45) is 15.9 Å². The second kappa shape index (κ2) is 8.86. The van der Waals surface area contributed by atoms with Crippen molar-refractivity contribution in [2.45, 2.75) is 38.6 Å². The van der Waals surface area contributed by atoms with Crippen LogP contribution in [0.4, 0.5) is 5.69 Å². The number of imidazole rings is 1. The number of rotatable bonds is 5. The van der Waals surface area contributed by atoms with Gasteiger partial charge in [-0.2, -0.15) is 5.10 Å². The summed E-state index contributed by atoms with van der Waals surface area (Å²) in [6, 6.07) is 14.4. The number of aromatic nitrogens is 2. The Hall–Kier alpha value is -3.61. The van der Waals surface area contributed by atoms with Gasteiger partial charge >= 0.3 is 0 Å². The highest BCUT2D eigenvalue weighted by molar-refractivity contribution is 6.38. The van der Waals surface area contributed by atoms with E-state index in [0.717, 1.165) is 29.9 Å². The number of methoxy groups -OCH3 is 1. The van der Waals surface area contributed by atoms with Gasteiger partial charge in [-0.05, 0) is 42.5 Å². The summed E-state index contributed by atoms with van der Waals surface area (Å²) in [7, 11) is 1.65. The maximum absolute atomic E-state index is 5.74. The van der Waals surface area contributed by atoms with Gasteiger partial charge in [-0.3, -0.25) is 4.99 Å². The number of anilines is 1. The number of ether oxygens (including phenoxy) is 1. The van der Waals surface area contributed by atoms with Crippen LogP contribution in [-0.2, 0) is 5.41 Å². The predicted octanol–water partition coefficient (Wildman–Crippen LogP) is 4.08. The van der Waals surface area contributed by atoms with Crippen molar-refractivity contribution in [1.82, 2.24) is 9.55 Å². The highest BCUT2D eigenvalue weighted by Crippen LogP contribution is 2.36. The number of para-hydroxylation sites is 1. The van der Waals surface area contributed by atoms with Crippen molar-refractivity contribution in [3.8, 4) is 11.4 Å². The first-order chi connectivity index (χ1) is 15.4. The number of nitrogens with one attached hydrogen (secondary N) is 1. The van der Waals surface area contributed by atoms with E-state index >= 15 is 0 Å². The lowest BCUT2D eigenvalue weighted by Crippen LogP contribution is -2.25. The number of hydrazone groups is 1. The Kier molecular flexibility index (Phi) is 5.99. The van der Waals surface area contributed by atoms with Crippen LogP contribution in [0.1, 0.15) is 37.1 Å². The maximum Gasteiger partial charge on any atom is 0.143 e. The summed E-state index contributed by atoms with van der Waals surface area (Å²) in [5.74, 6) is 6.45. The van der Waals surface area contributed by atoms with Crippen molar-refractivity contribution < 1.29 is 4.74 Å². The van der Waals surface area contributed by atoms with Gasteiger partial charge in [-0.15, -0.1) is 0 Å². The molecule has 32 heavy (non-hydrogen) atoms. The summed E-state index contributed by atoms with van der Waals surface area (Å²) in [5, 5.41) is 7.54. The van der Waals surface area contributed by atoms with Crippen LogP contribution in [0, 0.1) is 6.92 Å². The Morgan fingerprint density at radius 1 is 1.28 bits per heavy atom. The molecule has 0 bridgehead atoms. The van der Waals surface area contributed by atoms with Gasteiger partial charge < -0.3 is 20.5 Å². The van der Waals surface area contributed by atoms with Gasteiger partial charge in [0.15, 0.2) is 0 Å². The molecule has 2 aromatic carbocycles. The maximum atomic E-state index is 5.74. The lowest BCUT2D eigenvalue weighted by molar-refractivity contribution is 0.413. The second-order valence-electron chi connectivity index (χ2n) is 8.77. The van der Waals surface area contributed by atoms with Gasteiger partial charge in [0.05, 0.1) is 30.9 Å². The Balaban J connectivity index is 1.56. The molecule has 0 fully saturated rings. The average Bonchev–Trinajstić information content (AvgIpc) is 3.18. The zero-order valence-electron chi connectivity index (χ0n) is 19.0. The van der Waals surface area contributed by atoms with Crippen molar-refractivity contribution in [3.63, 3.8) is 0 Å². The molecule has 3 N–H and O–H groups in total. The summed E-state index contributed by atoms with van der Waals surface area (Å²) in [5.41, 5.74) is 5.80. The van der Waals surface area contributed by atoms with Crippen LogP contribution in [0.5, 0.6) is 5.75 Å². The van der Waals surface area contributed by atoms with Crippen molar-refractivity contribution in [2.75, 3.05) is 19.0 Å². The fraction of sp³-hybridized carbons (Fsp3) is 0.320. The summed E-state index contributed by atoms with van der Waals surface area (Å²) in [4.78, 5) is 9.15. The van der Waals surface area contributed by atoms with Gasteiger partial charge in [0.25, 0.3) is 0 Å². The van der Waals surface area contributed by atoms with Crippen molar-refractivity contribution >= 4 is 17.6 Å². The molecule has 166 valence electrons. The minimum Gasteiger partial charge on any atom is -0.495 e. The number of aryl methyl sites for hydroxylation is 1. The smallest absolute Gasteiger partial charge is 0.143 e. The summed E-state index contributed by atoms with van der Waals surface area (Å²) in [6.45, 7) is 7.24. The van der Waals surface area contributed by atoms with Crippen LogP contribution >= 0.6 is 0 Å². The highest BCUT2D eigenvalue weighted by Gasteiger charge is 2.30. The van der Waals surface area contributed by atoms with Crippen LogP contribution in [0.2, 0.25) is 0 Å². The summed E-state index contributed by atoms with van der Waals surface area (Å²) in [6.07, 6.45) is 6.42. The molecule has 7 nitrogen and oxygen atoms in total. The molecule has 0 spiro atoms. The number of nitrogens with zero attached hydrogens (tertiary/aromatic N) is 4. The van der Waals surface area contributed by atoms with E-state index in [9.17, 15) is 0 Å². The fourth-order valence-electron chi connectivity index (χ4n) is 4.29. The number of hydrogen-bond acceptors (Lipinski definition) is 6. The fourth-order valence-corrected chi connectivity index (χ4v) is 4.29. The highest BCUT2D eigenvalue weighted by atomic mass is 16.5. The average molecular weight is 431 g/mol. The zero-order valence-corrected chi connectivity index (χ0v) is 19.0. The largest absolute Gasteiger partial charge is 0.495 e. The molecule has 1 aromatic heterocycles. The first-order valence-electron chi connectivity index (χ1n) is 10.7. The molecule has 0 radical (unpaired) electrons. The molecule has 1 aliphatic rings. The lowest BCUT2D eigenvalue weighted by atomic mass is 9.79. The molecular weight excluding hydrogens is 400 g/mol. The molecule has 4 rings (SSSR count). The molecule has 0 amide bonds. The SMILES string of the molecule is COc1cc(/C(C=NC2CNc3ccccc3C(C)(C)C2)=N/N)ccc1-n1cnc(C)c1. The molecule has 1 aliphatic heterocycles. The van der Waals surface area contributed by atoms with Crippen LogP contribution in [0.15, 0.2) is 65.1 Å². The normalized spacial score (nSPS) is 18.1. The van der Waals surface area contributed by atoms with E-state index in [1.165, 1.54) is 11.3 Å². The Labute approximate surface area is 189 Å². The molecule has 1 atom stereocenters. The van der Waals surface area contributed by atoms with Gasteiger partial charge in [-0.25, -0.2) is 4.98 Å². The summed E-state index contributed by atoms with van der Waals surface area (Å²) < 4.78 is 7.55. The molecule has 0 saturated carbocycles. The van der Waals surface area contributed by atoms with Gasteiger partial charge in [0, 0.05) is 30.2 Å². The number of fused-ring (bicyclic) bond motifs is 1. The van der Waals surface area contributed by atoms with Crippen LogP contribution < -0.4 is 15.9 Å². The molecule has 0 aliphatic carbocycles. The monoisotopic (exact) mass is 430 g/mol. The van der Waals surface area contributed by atoms with E-state index in [4.69, 9.17) is 15.6 Å². The van der Waals surface area contributed by atoms with Crippen LogP contribution in [-0.4, -0.2) is 41.2 Å². The second-order valence-corrected chi connectivity index (χ2v) is 8.77. The van der Waals surface area contributed by atoms with E-state index < -0.39 is 0 Å². The van der Waals surface area contributed by atoms with Crippen LogP contribution in [0.3, 0.4) is 0 Å². The van der Waals surface area contributed by atoms with Crippen molar-refractivity contribution in [1.29, 1.82) is 0 Å². The first kappa shape index (κ1) is 21.6. The van der Waals surface area contributed by atoms with Crippen LogP contribution in [0.25, 0.3) is 5.69 Å². The minimum absolute atomic E-state index is 0.00984. The molecule has 7 heteroatoms. The Morgan fingerprint density at radius 3 is 2.81 bits per heavy atom. The standard InChI is InChI=1S/C25H30N6O/c1-17-15-31(16-29-17)23-10-9-18(11-24(23)32-4)22(30-26)14-27-19-12-25(2,3)20-7-5-6-8-21(20)28-13-19/h5-11,14-16,19,28H,12-13,26H2,1-4H3/b27-14?,30-22+. The third-order valence-electron chi connectivity index (χ3n) is 5.94. The summed E-state index contributed by atoms with van der Waals surface area (Å²) >= 11 is 0. The van der Waals surface area contributed by atoms with E-state index in [-0.39, 0.29) is 11.5 Å². The number of aliphatic imine (C=N–C) groups is 1. The topological polar surface area (TPSA) is 89.8 Å². The van der Waals surface area contributed by atoms with Crippen molar-refractivity contribution in [3.05, 3.63) is 71.8 Å². The molecular formula is C25H30N6O. The van der Waals surface area contributed by atoms with Gasteiger partial charge in [-0.1, -0.05) is 38.1 Å². The first-order valence-corrected chi connectivity index (χ1v) is 10.7. The van der Waals surface area contributed by atoms with Gasteiger partial charge in [0.2, 0.25) is 0 Å². The predicted molar refractivity (Wildman–Crippen MR) is 130 cm³/mol. The Morgan fingerprint density at radius 2 is 2.09 bits per heavy atom. The Bertz CT molecular complexity index is 1160. The lowest BCUT2D eigenvalue weighted by Gasteiger charge is -2.26. The minimum atomic E-state index is 0.00984. The van der Waals surface area contributed by atoms with E-state index in [1.54, 1.807) is 19.7 Å².